The minimum atomic E-state index is -0.492. The van der Waals surface area contributed by atoms with Crippen LogP contribution in [0.3, 0.4) is 0 Å². The average molecular weight is 571 g/mol. The Kier molecular flexibility index (Phi) is 5.83. The van der Waals surface area contributed by atoms with Gasteiger partial charge in [-0.2, -0.15) is 0 Å². The summed E-state index contributed by atoms with van der Waals surface area (Å²) in [5.74, 6) is 0. The van der Waals surface area contributed by atoms with E-state index in [4.69, 9.17) is 0 Å². The zero-order valence-corrected chi connectivity index (χ0v) is 24.8. The molecule has 0 amide bonds. The summed E-state index contributed by atoms with van der Waals surface area (Å²) in [6.45, 7) is 0. The van der Waals surface area contributed by atoms with E-state index < -0.39 is 5.41 Å². The van der Waals surface area contributed by atoms with Gasteiger partial charge in [0.1, 0.15) is 0 Å². The van der Waals surface area contributed by atoms with Crippen LogP contribution in [0.5, 0.6) is 0 Å². The van der Waals surface area contributed by atoms with Crippen LogP contribution in [-0.4, -0.2) is 0 Å². The van der Waals surface area contributed by atoms with Gasteiger partial charge in [0.2, 0.25) is 0 Å². The maximum absolute atomic E-state index is 2.50. The fourth-order valence-corrected chi connectivity index (χ4v) is 7.75. The average Bonchev–Trinajstić information content (AvgIpc) is 3.42. The van der Waals surface area contributed by atoms with E-state index in [0.29, 0.717) is 0 Å². The summed E-state index contributed by atoms with van der Waals surface area (Å²) >= 11 is 0. The van der Waals surface area contributed by atoms with Crippen molar-refractivity contribution in [2.45, 2.75) is 5.41 Å². The van der Waals surface area contributed by atoms with Gasteiger partial charge in [-0.25, -0.2) is 0 Å². The first-order chi connectivity index (χ1) is 22.3. The van der Waals surface area contributed by atoms with Crippen LogP contribution in [0.15, 0.2) is 182 Å². The lowest BCUT2D eigenvalue weighted by atomic mass is 9.67. The second kappa shape index (κ2) is 10.2. The van der Waals surface area contributed by atoms with Gasteiger partial charge in [0.15, 0.2) is 0 Å². The second-order valence-corrected chi connectivity index (χ2v) is 12.1. The molecular weight excluding hydrogens is 540 g/mol. The van der Waals surface area contributed by atoms with Crippen molar-refractivity contribution in [1.29, 1.82) is 0 Å². The minimum absolute atomic E-state index is 0.492. The third kappa shape index (κ3) is 3.86. The van der Waals surface area contributed by atoms with E-state index in [1.54, 1.807) is 0 Å². The quantitative estimate of drug-likeness (QED) is 0.197. The summed E-state index contributed by atoms with van der Waals surface area (Å²) in [6, 6.07) is 67.2. The maximum Gasteiger partial charge on any atom is 0.0714 e. The molecule has 1 aliphatic carbocycles. The summed E-state index contributed by atoms with van der Waals surface area (Å²) in [6.07, 6.45) is 0. The van der Waals surface area contributed by atoms with Gasteiger partial charge < -0.3 is 0 Å². The molecule has 1 aliphatic rings. The molecule has 0 saturated heterocycles. The summed E-state index contributed by atoms with van der Waals surface area (Å²) in [5.41, 5.74) is 12.3. The maximum atomic E-state index is 2.50. The molecule has 210 valence electrons. The molecule has 0 bridgehead atoms. The molecule has 0 radical (unpaired) electrons. The van der Waals surface area contributed by atoms with Crippen LogP contribution in [0.2, 0.25) is 0 Å². The number of fused-ring (bicyclic) bond motifs is 6. The molecule has 0 aliphatic heterocycles. The lowest BCUT2D eigenvalue weighted by molar-refractivity contribution is 0.769. The Balaban J connectivity index is 1.45. The predicted octanol–water partition coefficient (Wildman–Crippen LogP) is 11.7. The molecule has 0 unspecified atom stereocenters. The van der Waals surface area contributed by atoms with E-state index in [1.165, 1.54) is 77.2 Å². The van der Waals surface area contributed by atoms with Crippen molar-refractivity contribution in [1.82, 2.24) is 0 Å². The van der Waals surface area contributed by atoms with Gasteiger partial charge in [-0.1, -0.05) is 164 Å². The third-order valence-corrected chi connectivity index (χ3v) is 9.72. The molecule has 0 heteroatoms. The van der Waals surface area contributed by atoms with Crippen molar-refractivity contribution in [3.63, 3.8) is 0 Å². The Morgan fingerprint density at radius 3 is 1.60 bits per heavy atom. The molecule has 0 fully saturated rings. The first-order valence-corrected chi connectivity index (χ1v) is 15.7. The molecule has 0 N–H and O–H groups in total. The minimum Gasteiger partial charge on any atom is -0.0622 e. The smallest absolute Gasteiger partial charge is 0.0622 e. The van der Waals surface area contributed by atoms with Crippen LogP contribution in [0.1, 0.15) is 22.3 Å². The number of hydrogen-bond donors (Lipinski definition) is 0. The first kappa shape index (κ1) is 25.7. The van der Waals surface area contributed by atoms with E-state index in [1.807, 2.05) is 0 Å². The second-order valence-electron chi connectivity index (χ2n) is 12.1. The highest BCUT2D eigenvalue weighted by atomic mass is 14.5. The fourth-order valence-electron chi connectivity index (χ4n) is 7.75. The molecule has 45 heavy (non-hydrogen) atoms. The highest BCUT2D eigenvalue weighted by Crippen LogP contribution is 2.59. The van der Waals surface area contributed by atoms with Gasteiger partial charge in [0.05, 0.1) is 5.41 Å². The third-order valence-electron chi connectivity index (χ3n) is 9.72. The largest absolute Gasteiger partial charge is 0.0714 e. The van der Waals surface area contributed by atoms with E-state index in [2.05, 4.69) is 182 Å². The van der Waals surface area contributed by atoms with Gasteiger partial charge in [-0.15, -0.1) is 0 Å². The van der Waals surface area contributed by atoms with E-state index in [0.717, 1.165) is 0 Å². The monoisotopic (exact) mass is 570 g/mol. The van der Waals surface area contributed by atoms with Crippen molar-refractivity contribution in [2.24, 2.45) is 0 Å². The summed E-state index contributed by atoms with van der Waals surface area (Å²) in [7, 11) is 0. The SMILES string of the molecule is c1ccc(-c2ccc3c(c2)C(c2ccccc2)(c2ccccc2)c2cc(-c4ccc5ccccc5c4)c4ccccc4c2-3)cc1. The predicted molar refractivity (Wildman–Crippen MR) is 190 cm³/mol. The fraction of sp³-hybridized carbons (Fsp3) is 0.0222. The Morgan fingerprint density at radius 2 is 0.889 bits per heavy atom. The first-order valence-electron chi connectivity index (χ1n) is 15.7. The summed E-state index contributed by atoms with van der Waals surface area (Å²) in [5, 5.41) is 5.09. The van der Waals surface area contributed by atoms with Crippen molar-refractivity contribution < 1.29 is 0 Å². The highest BCUT2D eigenvalue weighted by molar-refractivity contribution is 6.10. The van der Waals surface area contributed by atoms with Crippen LogP contribution in [0, 0.1) is 0 Å². The normalized spacial score (nSPS) is 13.1. The van der Waals surface area contributed by atoms with Crippen LogP contribution in [0.4, 0.5) is 0 Å². The van der Waals surface area contributed by atoms with Gasteiger partial charge >= 0.3 is 0 Å². The van der Waals surface area contributed by atoms with Crippen LogP contribution < -0.4 is 0 Å². The molecule has 0 saturated carbocycles. The van der Waals surface area contributed by atoms with E-state index >= 15 is 0 Å². The zero-order chi connectivity index (χ0) is 29.8. The number of benzene rings is 8. The van der Waals surface area contributed by atoms with Gasteiger partial charge in [-0.3, -0.25) is 0 Å². The lowest BCUT2D eigenvalue weighted by Crippen LogP contribution is -2.28. The molecule has 8 aromatic carbocycles. The Hall–Kier alpha value is -5.72. The topological polar surface area (TPSA) is 0 Å². The Morgan fingerprint density at radius 1 is 0.311 bits per heavy atom. The number of rotatable bonds is 4. The molecule has 0 heterocycles. The van der Waals surface area contributed by atoms with Crippen molar-refractivity contribution >= 4 is 21.5 Å². The molecule has 0 atom stereocenters. The van der Waals surface area contributed by atoms with Gasteiger partial charge in [-0.05, 0) is 95.4 Å². The molecule has 8 aromatic rings. The molecular formula is C45H30. The van der Waals surface area contributed by atoms with Gasteiger partial charge in [0.25, 0.3) is 0 Å². The van der Waals surface area contributed by atoms with Gasteiger partial charge in [0, 0.05) is 0 Å². The molecule has 0 nitrogen and oxygen atoms in total. The summed E-state index contributed by atoms with van der Waals surface area (Å²) in [4.78, 5) is 0. The highest BCUT2D eigenvalue weighted by Gasteiger charge is 2.47. The van der Waals surface area contributed by atoms with Crippen molar-refractivity contribution in [3.8, 4) is 33.4 Å². The van der Waals surface area contributed by atoms with Crippen molar-refractivity contribution in [2.75, 3.05) is 0 Å². The lowest BCUT2D eigenvalue weighted by Gasteiger charge is -2.34. The number of hydrogen-bond acceptors (Lipinski definition) is 0. The summed E-state index contributed by atoms with van der Waals surface area (Å²) < 4.78 is 0. The molecule has 0 spiro atoms. The zero-order valence-electron chi connectivity index (χ0n) is 24.8. The van der Waals surface area contributed by atoms with E-state index in [9.17, 15) is 0 Å². The standard InChI is InChI=1S/C45H30/c1-4-14-31(15-5-1)34-26-27-40-42(29-34)45(36-18-6-2-7-19-36,37-20-8-3-9-21-37)43-30-41(38-22-12-13-23-39(38)44(40)43)35-25-24-32-16-10-11-17-33(32)28-35/h1-30H. The van der Waals surface area contributed by atoms with Crippen LogP contribution >= 0.6 is 0 Å². The Bertz CT molecular complexity index is 2310. The molecule has 9 rings (SSSR count). The van der Waals surface area contributed by atoms with E-state index in [-0.39, 0.29) is 0 Å². The Labute approximate surface area is 263 Å². The van der Waals surface area contributed by atoms with Crippen LogP contribution in [-0.2, 0) is 5.41 Å². The molecule has 0 aromatic heterocycles. The van der Waals surface area contributed by atoms with Crippen LogP contribution in [0.25, 0.3) is 54.9 Å². The van der Waals surface area contributed by atoms with Crippen molar-refractivity contribution in [3.05, 3.63) is 204 Å².